The summed E-state index contributed by atoms with van der Waals surface area (Å²) in [6, 6.07) is 1.32. The Kier molecular flexibility index (Phi) is 7.01. The summed E-state index contributed by atoms with van der Waals surface area (Å²) < 4.78 is 9.80. The Morgan fingerprint density at radius 1 is 1.50 bits per heavy atom. The zero-order valence-corrected chi connectivity index (χ0v) is 13.0. The van der Waals surface area contributed by atoms with E-state index in [2.05, 4.69) is 4.74 Å². The third-order valence-electron chi connectivity index (χ3n) is 3.34. The molecule has 6 heteroatoms. The molecule has 122 valence electrons. The van der Waals surface area contributed by atoms with Crippen molar-refractivity contribution in [2.24, 2.45) is 0 Å². The van der Waals surface area contributed by atoms with Crippen molar-refractivity contribution in [2.45, 2.75) is 45.3 Å². The first-order chi connectivity index (χ1) is 10.4. The van der Waals surface area contributed by atoms with Crippen LogP contribution in [0.5, 0.6) is 5.75 Å². The molecular formula is C16H22O6. The molecule has 1 heterocycles. The van der Waals surface area contributed by atoms with Crippen LogP contribution in [0, 0.1) is 0 Å². The maximum atomic E-state index is 11.8. The molecule has 1 aromatic rings. The summed E-state index contributed by atoms with van der Waals surface area (Å²) in [6.07, 6.45) is 3.76. The average Bonchev–Trinajstić information content (AvgIpc) is 2.49. The van der Waals surface area contributed by atoms with Crippen LogP contribution in [0.3, 0.4) is 0 Å². The fourth-order valence-corrected chi connectivity index (χ4v) is 1.96. The molecule has 2 N–H and O–H groups in total. The van der Waals surface area contributed by atoms with Crippen LogP contribution >= 0.6 is 0 Å². The molecule has 0 aromatic carbocycles. The van der Waals surface area contributed by atoms with Gasteiger partial charge in [0, 0.05) is 25.5 Å². The van der Waals surface area contributed by atoms with Gasteiger partial charge in [0.15, 0.2) is 12.1 Å². The van der Waals surface area contributed by atoms with Gasteiger partial charge in [-0.25, -0.2) is 4.79 Å². The highest BCUT2D eigenvalue weighted by atomic mass is 16.6. The molecule has 0 aliphatic carbocycles. The first-order valence-electron chi connectivity index (χ1n) is 7.18. The number of aromatic hydroxyl groups is 1. The van der Waals surface area contributed by atoms with Crippen LogP contribution in [-0.4, -0.2) is 29.4 Å². The van der Waals surface area contributed by atoms with Crippen molar-refractivity contribution in [3.63, 3.8) is 0 Å². The second-order valence-electron chi connectivity index (χ2n) is 5.01. The second-order valence-corrected chi connectivity index (χ2v) is 5.01. The minimum absolute atomic E-state index is 0.117. The van der Waals surface area contributed by atoms with Gasteiger partial charge in [-0.15, -0.1) is 0 Å². The smallest absolute Gasteiger partial charge is 0.350 e. The highest BCUT2D eigenvalue weighted by Crippen LogP contribution is 2.25. The van der Waals surface area contributed by atoms with Gasteiger partial charge in [0.05, 0.1) is 0 Å². The van der Waals surface area contributed by atoms with Crippen molar-refractivity contribution in [1.29, 1.82) is 0 Å². The summed E-state index contributed by atoms with van der Waals surface area (Å²) in [6.45, 7) is 3.46. The van der Waals surface area contributed by atoms with E-state index in [0.29, 0.717) is 18.6 Å². The number of carbonyl (C=O) groups is 1. The first-order valence-corrected chi connectivity index (χ1v) is 7.18. The van der Waals surface area contributed by atoms with E-state index in [9.17, 15) is 19.8 Å². The molecule has 1 rings (SSSR count). The molecule has 0 saturated heterocycles. The Morgan fingerprint density at radius 3 is 2.73 bits per heavy atom. The molecule has 22 heavy (non-hydrogen) atoms. The topological polar surface area (TPSA) is 97.0 Å². The lowest BCUT2D eigenvalue weighted by atomic mass is 10.0. The highest BCUT2D eigenvalue weighted by Gasteiger charge is 2.19. The number of hydrogen-bond donors (Lipinski definition) is 2. The number of aliphatic hydroxyl groups excluding tert-OH is 1. The summed E-state index contributed by atoms with van der Waals surface area (Å²) >= 11 is 0. The largest absolute Gasteiger partial charge is 0.507 e. The Balaban J connectivity index is 2.79. The van der Waals surface area contributed by atoms with E-state index in [0.717, 1.165) is 0 Å². The summed E-state index contributed by atoms with van der Waals surface area (Å²) in [7, 11) is 1.40. The fourth-order valence-electron chi connectivity index (χ4n) is 1.96. The van der Waals surface area contributed by atoms with Gasteiger partial charge in [-0.05, 0) is 18.9 Å². The third kappa shape index (κ3) is 4.82. The van der Waals surface area contributed by atoms with E-state index >= 15 is 0 Å². The fraction of sp³-hybridized carbons (Fsp3) is 0.500. The van der Waals surface area contributed by atoms with E-state index in [4.69, 9.17) is 4.42 Å². The Hall–Kier alpha value is -1.92. The minimum atomic E-state index is -0.934. The predicted octanol–water partition coefficient (Wildman–Crippen LogP) is 2.34. The van der Waals surface area contributed by atoms with Crippen LogP contribution in [0.4, 0.5) is 0 Å². The van der Waals surface area contributed by atoms with Crippen molar-refractivity contribution >= 4 is 5.78 Å². The number of Topliss-reactive ketones (excluding diaryl/α,β-unsaturated/α-hetero) is 1. The Morgan fingerprint density at radius 2 is 2.18 bits per heavy atom. The lowest BCUT2D eigenvalue weighted by Crippen LogP contribution is -2.15. The number of ether oxygens (including phenoxy) is 1. The van der Waals surface area contributed by atoms with E-state index in [1.165, 1.54) is 19.3 Å². The molecule has 0 aliphatic rings. The summed E-state index contributed by atoms with van der Waals surface area (Å²) in [5.74, 6) is -0.568. The number of allylic oxidation sites excluding steroid dienone is 1. The van der Waals surface area contributed by atoms with E-state index < -0.39 is 17.7 Å². The summed E-state index contributed by atoms with van der Waals surface area (Å²) in [4.78, 5) is 23.4. The quantitative estimate of drug-likeness (QED) is 0.434. The zero-order chi connectivity index (χ0) is 16.7. The first kappa shape index (κ1) is 18.1. The van der Waals surface area contributed by atoms with E-state index in [-0.39, 0.29) is 23.7 Å². The highest BCUT2D eigenvalue weighted by molar-refractivity contribution is 5.97. The van der Waals surface area contributed by atoms with Crippen LogP contribution in [0.25, 0.3) is 0 Å². The molecule has 0 fully saturated rings. The minimum Gasteiger partial charge on any atom is -0.507 e. The summed E-state index contributed by atoms with van der Waals surface area (Å²) in [5.41, 5.74) is -1.10. The predicted molar refractivity (Wildman–Crippen MR) is 81.1 cm³/mol. The number of rotatable bonds is 8. The van der Waals surface area contributed by atoms with Gasteiger partial charge < -0.3 is 19.4 Å². The van der Waals surface area contributed by atoms with Gasteiger partial charge in [0.2, 0.25) is 0 Å². The van der Waals surface area contributed by atoms with Gasteiger partial charge in [0.25, 0.3) is 0 Å². The molecule has 1 aromatic heterocycles. The van der Waals surface area contributed by atoms with Gasteiger partial charge in [-0.1, -0.05) is 19.9 Å². The van der Waals surface area contributed by atoms with Gasteiger partial charge in [-0.3, -0.25) is 4.79 Å². The normalized spacial score (nSPS) is 14.2. The van der Waals surface area contributed by atoms with Crippen LogP contribution in [0.15, 0.2) is 27.4 Å². The number of carbonyl (C=O) groups excluding carboxylic acids is 1. The zero-order valence-electron chi connectivity index (χ0n) is 13.0. The molecule has 0 saturated carbocycles. The molecular weight excluding hydrogens is 288 g/mol. The SMILES string of the molecule is CCC(=O)c1c(O)cc(C(C)CC/C=C/C(O)OC)oc1=O. The summed E-state index contributed by atoms with van der Waals surface area (Å²) in [5, 5.41) is 19.0. The van der Waals surface area contributed by atoms with E-state index in [1.54, 1.807) is 13.0 Å². The van der Waals surface area contributed by atoms with Gasteiger partial charge in [0.1, 0.15) is 17.1 Å². The van der Waals surface area contributed by atoms with E-state index in [1.807, 2.05) is 6.92 Å². The van der Waals surface area contributed by atoms with Crippen LogP contribution < -0.4 is 5.63 Å². The lowest BCUT2D eigenvalue weighted by Gasteiger charge is -2.10. The molecule has 2 atom stereocenters. The Labute approximate surface area is 129 Å². The number of methoxy groups -OCH3 is 1. The van der Waals surface area contributed by atoms with Crippen LogP contribution in [-0.2, 0) is 4.74 Å². The lowest BCUT2D eigenvalue weighted by molar-refractivity contribution is -0.0358. The van der Waals surface area contributed by atoms with Gasteiger partial charge in [-0.2, -0.15) is 0 Å². The second kappa shape index (κ2) is 8.51. The molecule has 0 radical (unpaired) electrons. The van der Waals surface area contributed by atoms with Crippen molar-refractivity contribution in [1.82, 2.24) is 0 Å². The molecule has 0 amide bonds. The van der Waals surface area contributed by atoms with Crippen LogP contribution in [0.1, 0.15) is 55.1 Å². The average molecular weight is 310 g/mol. The van der Waals surface area contributed by atoms with Crippen molar-refractivity contribution in [3.8, 4) is 5.75 Å². The molecule has 0 aliphatic heterocycles. The maximum Gasteiger partial charge on any atom is 0.350 e. The standard InChI is InChI=1S/C16H22O6/c1-4-11(17)15-12(18)9-13(22-16(15)20)10(2)7-5-6-8-14(19)21-3/h6,8-10,14,18-19H,4-5,7H2,1-3H3/b8-6+. The third-order valence-corrected chi connectivity index (χ3v) is 3.34. The van der Waals surface area contributed by atoms with Crippen molar-refractivity contribution < 1.29 is 24.2 Å². The van der Waals surface area contributed by atoms with Crippen molar-refractivity contribution in [2.75, 3.05) is 7.11 Å². The van der Waals surface area contributed by atoms with Crippen molar-refractivity contribution in [3.05, 3.63) is 40.0 Å². The Bertz CT molecular complexity index is 587. The maximum absolute atomic E-state index is 11.8. The number of aliphatic hydroxyl groups is 1. The van der Waals surface area contributed by atoms with Gasteiger partial charge >= 0.3 is 5.63 Å². The molecule has 6 nitrogen and oxygen atoms in total. The molecule has 2 unspecified atom stereocenters. The molecule has 0 bridgehead atoms. The monoisotopic (exact) mass is 310 g/mol. The number of hydrogen-bond acceptors (Lipinski definition) is 6. The van der Waals surface area contributed by atoms with Crippen LogP contribution in [0.2, 0.25) is 0 Å². The molecule has 0 spiro atoms. The number of ketones is 1.